The van der Waals surface area contributed by atoms with Crippen LogP contribution in [0.3, 0.4) is 0 Å². The fraction of sp³-hybridized carbons (Fsp3) is 0.143. The Kier molecular flexibility index (Phi) is 7.52. The number of hydrogen-bond donors (Lipinski definition) is 1. The third kappa shape index (κ3) is 5.29. The van der Waals surface area contributed by atoms with Gasteiger partial charge in [0.1, 0.15) is 18.2 Å². The van der Waals surface area contributed by atoms with Crippen LogP contribution in [0.2, 0.25) is 5.02 Å². The number of anilines is 1. The topological polar surface area (TPSA) is 71.3 Å². The van der Waals surface area contributed by atoms with Gasteiger partial charge in [-0.25, -0.2) is 0 Å². The molecule has 0 aromatic heterocycles. The minimum atomic E-state index is -0.550. The first-order valence-electron chi connectivity index (χ1n) is 8.02. The number of carbonyl (C=O) groups is 1. The van der Waals surface area contributed by atoms with Gasteiger partial charge in [0.05, 0.1) is 7.11 Å². The normalized spacial score (nSPS) is 10.6. The molecule has 5 nitrogen and oxygen atoms in total. The molecule has 28 heavy (non-hydrogen) atoms. The Bertz CT molecular complexity index is 1020. The zero-order chi connectivity index (χ0) is 20.7. The number of ether oxygens (including phenoxy) is 2. The van der Waals surface area contributed by atoms with Gasteiger partial charge in [0, 0.05) is 15.2 Å². The third-order valence-electron chi connectivity index (χ3n) is 3.71. The van der Waals surface area contributed by atoms with Crippen LogP contribution in [0, 0.1) is 30.6 Å². The summed E-state index contributed by atoms with van der Waals surface area (Å²) in [5, 5.41) is 12.6. The summed E-state index contributed by atoms with van der Waals surface area (Å²) in [6.45, 7) is 1.92. The van der Waals surface area contributed by atoms with Gasteiger partial charge in [0.2, 0.25) is 0 Å². The second-order valence-electron chi connectivity index (χ2n) is 5.60. The van der Waals surface area contributed by atoms with Crippen molar-refractivity contribution in [1.29, 1.82) is 5.26 Å². The van der Waals surface area contributed by atoms with Crippen LogP contribution in [0.1, 0.15) is 11.1 Å². The van der Waals surface area contributed by atoms with E-state index < -0.39 is 5.91 Å². The highest BCUT2D eigenvalue weighted by molar-refractivity contribution is 9.10. The minimum Gasteiger partial charge on any atom is -0.493 e. The number of benzene rings is 2. The summed E-state index contributed by atoms with van der Waals surface area (Å²) in [5.74, 6) is 2.70. The molecule has 0 saturated carbocycles. The molecule has 0 radical (unpaired) electrons. The van der Waals surface area contributed by atoms with Crippen LogP contribution in [-0.4, -0.2) is 19.6 Å². The van der Waals surface area contributed by atoms with Crippen LogP contribution in [0.4, 0.5) is 5.69 Å². The van der Waals surface area contributed by atoms with Gasteiger partial charge in [-0.1, -0.05) is 39.5 Å². The zero-order valence-electron chi connectivity index (χ0n) is 15.2. The standard InChI is InChI=1S/C21H16BrClN2O3/c1-4-7-28-20-11-17(22)14(9-19(20)27-3)8-15(12-24)21(26)25-18-10-16(23)6-5-13(18)2/h1,5-6,8-11H,7H2,2-3H3,(H,25,26)/b15-8+. The summed E-state index contributed by atoms with van der Waals surface area (Å²) < 4.78 is 11.3. The number of carbonyl (C=O) groups excluding carboxylic acids is 1. The van der Waals surface area contributed by atoms with Crippen LogP contribution in [0.15, 0.2) is 40.4 Å². The summed E-state index contributed by atoms with van der Waals surface area (Å²) in [4.78, 5) is 12.5. The van der Waals surface area contributed by atoms with Crippen LogP contribution >= 0.6 is 27.5 Å². The molecule has 1 amide bonds. The van der Waals surface area contributed by atoms with Gasteiger partial charge in [-0.2, -0.15) is 5.26 Å². The molecule has 0 bridgehead atoms. The van der Waals surface area contributed by atoms with Gasteiger partial charge in [-0.05, 0) is 48.4 Å². The summed E-state index contributed by atoms with van der Waals surface area (Å²) in [7, 11) is 1.49. The molecule has 7 heteroatoms. The summed E-state index contributed by atoms with van der Waals surface area (Å²) in [6.07, 6.45) is 6.66. The molecule has 0 aliphatic carbocycles. The van der Waals surface area contributed by atoms with Crippen molar-refractivity contribution in [2.24, 2.45) is 0 Å². The maximum Gasteiger partial charge on any atom is 0.266 e. The number of hydrogen-bond acceptors (Lipinski definition) is 4. The van der Waals surface area contributed by atoms with E-state index in [4.69, 9.17) is 27.5 Å². The Balaban J connectivity index is 2.35. The number of rotatable bonds is 6. The first kappa shape index (κ1) is 21.4. The second-order valence-corrected chi connectivity index (χ2v) is 6.89. The first-order valence-corrected chi connectivity index (χ1v) is 9.19. The fourth-order valence-corrected chi connectivity index (χ4v) is 2.88. The number of methoxy groups -OCH3 is 1. The van der Waals surface area contributed by atoms with Gasteiger partial charge >= 0.3 is 0 Å². The molecule has 0 saturated heterocycles. The van der Waals surface area contributed by atoms with Crippen LogP contribution in [0.25, 0.3) is 6.08 Å². The van der Waals surface area contributed by atoms with Gasteiger partial charge < -0.3 is 14.8 Å². The monoisotopic (exact) mass is 458 g/mol. The Morgan fingerprint density at radius 2 is 2.11 bits per heavy atom. The van der Waals surface area contributed by atoms with Gasteiger partial charge in [0.15, 0.2) is 11.5 Å². The van der Waals surface area contributed by atoms with Crippen LogP contribution in [-0.2, 0) is 4.79 Å². The second kappa shape index (κ2) is 9.85. The Morgan fingerprint density at radius 3 is 2.75 bits per heavy atom. The number of halogens is 2. The van der Waals surface area contributed by atoms with E-state index in [1.807, 2.05) is 13.0 Å². The van der Waals surface area contributed by atoms with E-state index in [-0.39, 0.29) is 12.2 Å². The molecular formula is C21H16BrClN2O3. The Morgan fingerprint density at radius 1 is 1.36 bits per heavy atom. The van der Waals surface area contributed by atoms with Gasteiger partial charge in [-0.15, -0.1) is 6.42 Å². The van der Waals surface area contributed by atoms with Crippen molar-refractivity contribution in [2.45, 2.75) is 6.92 Å². The quantitative estimate of drug-likeness (QED) is 0.376. The van der Waals surface area contributed by atoms with E-state index in [1.165, 1.54) is 13.2 Å². The molecule has 0 spiro atoms. The summed E-state index contributed by atoms with van der Waals surface area (Å²) in [5.41, 5.74) is 1.85. The average molecular weight is 460 g/mol. The average Bonchev–Trinajstić information content (AvgIpc) is 2.68. The Hall–Kier alpha value is -2.93. The fourth-order valence-electron chi connectivity index (χ4n) is 2.28. The molecule has 0 unspecified atom stereocenters. The lowest BCUT2D eigenvalue weighted by atomic mass is 10.1. The molecule has 0 aliphatic rings. The van der Waals surface area contributed by atoms with Crippen molar-refractivity contribution in [3.63, 3.8) is 0 Å². The molecule has 2 aromatic carbocycles. The van der Waals surface area contributed by atoms with Crippen LogP contribution < -0.4 is 14.8 Å². The van der Waals surface area contributed by atoms with Crippen molar-refractivity contribution in [1.82, 2.24) is 0 Å². The molecule has 0 atom stereocenters. The number of amides is 1. The molecule has 0 heterocycles. The lowest BCUT2D eigenvalue weighted by molar-refractivity contribution is -0.112. The molecular weight excluding hydrogens is 444 g/mol. The zero-order valence-corrected chi connectivity index (χ0v) is 17.5. The summed E-state index contributed by atoms with van der Waals surface area (Å²) in [6, 6.07) is 10.4. The van der Waals surface area contributed by atoms with Crippen molar-refractivity contribution in [3.05, 3.63) is 56.5 Å². The Labute approximate surface area is 177 Å². The predicted molar refractivity (Wildman–Crippen MR) is 113 cm³/mol. The maximum atomic E-state index is 12.5. The molecule has 2 rings (SSSR count). The number of terminal acetylenes is 1. The minimum absolute atomic E-state index is 0.0839. The van der Waals surface area contributed by atoms with Crippen molar-refractivity contribution >= 4 is 45.2 Å². The highest BCUT2D eigenvalue weighted by Crippen LogP contribution is 2.34. The largest absolute Gasteiger partial charge is 0.493 e. The lowest BCUT2D eigenvalue weighted by Crippen LogP contribution is -2.14. The van der Waals surface area contributed by atoms with Crippen molar-refractivity contribution in [2.75, 3.05) is 19.0 Å². The van der Waals surface area contributed by atoms with Crippen molar-refractivity contribution < 1.29 is 14.3 Å². The number of nitrogens with zero attached hydrogens (tertiary/aromatic N) is 1. The van der Waals surface area contributed by atoms with E-state index >= 15 is 0 Å². The summed E-state index contributed by atoms with van der Waals surface area (Å²) >= 11 is 9.38. The highest BCUT2D eigenvalue weighted by Gasteiger charge is 2.14. The first-order chi connectivity index (χ1) is 13.4. The molecule has 1 N–H and O–H groups in total. The number of nitrogens with one attached hydrogen (secondary N) is 1. The van der Waals surface area contributed by atoms with Crippen molar-refractivity contribution in [3.8, 4) is 29.9 Å². The van der Waals surface area contributed by atoms with E-state index in [1.54, 1.807) is 30.3 Å². The van der Waals surface area contributed by atoms with E-state index in [9.17, 15) is 10.1 Å². The number of aryl methyl sites for hydroxylation is 1. The molecule has 0 fully saturated rings. The SMILES string of the molecule is C#CCOc1cc(Br)c(/C=C(\C#N)C(=O)Nc2cc(Cl)ccc2C)cc1OC. The highest BCUT2D eigenvalue weighted by atomic mass is 79.9. The van der Waals surface area contributed by atoms with Gasteiger partial charge in [-0.3, -0.25) is 4.79 Å². The number of nitriles is 1. The molecule has 142 valence electrons. The van der Waals surface area contributed by atoms with E-state index in [0.717, 1.165) is 5.56 Å². The van der Waals surface area contributed by atoms with Gasteiger partial charge in [0.25, 0.3) is 5.91 Å². The lowest BCUT2D eigenvalue weighted by Gasteiger charge is -2.12. The molecule has 2 aromatic rings. The molecule has 0 aliphatic heterocycles. The third-order valence-corrected chi connectivity index (χ3v) is 4.63. The van der Waals surface area contributed by atoms with Crippen LogP contribution in [0.5, 0.6) is 11.5 Å². The van der Waals surface area contributed by atoms with E-state index in [0.29, 0.717) is 32.2 Å². The van der Waals surface area contributed by atoms with E-state index in [2.05, 4.69) is 27.2 Å². The smallest absolute Gasteiger partial charge is 0.266 e. The predicted octanol–water partition coefficient (Wildman–Crippen LogP) is 4.98. The maximum absolute atomic E-state index is 12.5.